The lowest BCUT2D eigenvalue weighted by atomic mass is 10.1. The summed E-state index contributed by atoms with van der Waals surface area (Å²) < 4.78 is 34.1. The average Bonchev–Trinajstić information content (AvgIpc) is 3.28. The van der Waals surface area contributed by atoms with Gasteiger partial charge in [0.1, 0.15) is 5.75 Å². The number of methoxy groups -OCH3 is 1. The monoisotopic (exact) mass is 410 g/mol. The third-order valence-electron chi connectivity index (χ3n) is 5.58. The maximum absolute atomic E-state index is 13.0. The number of fused-ring (bicyclic) bond motifs is 1. The van der Waals surface area contributed by atoms with E-state index < -0.39 is 10.0 Å². The molecule has 1 fully saturated rings. The van der Waals surface area contributed by atoms with Crippen LogP contribution in [0.4, 0.5) is 0 Å². The summed E-state index contributed by atoms with van der Waals surface area (Å²) in [6, 6.07) is 20.9. The molecule has 29 heavy (non-hydrogen) atoms. The molecule has 0 amide bonds. The molecule has 0 aliphatic carbocycles. The van der Waals surface area contributed by atoms with Crippen molar-refractivity contribution in [1.82, 2.24) is 9.62 Å². The standard InChI is InChI=1S/C23H26N2O3S/c1-28-21-11-8-19(9-12-21)23(25-14-4-5-15-25)17-24-29(26,27)22-13-10-18-6-2-3-7-20(18)16-22/h2-3,6-13,16,23-24H,4-5,14-15,17H2,1H3/t23-/m1/s1. The molecule has 1 N–H and O–H groups in total. The lowest BCUT2D eigenvalue weighted by Crippen LogP contribution is -2.36. The Morgan fingerprint density at radius 1 is 0.966 bits per heavy atom. The zero-order valence-electron chi connectivity index (χ0n) is 16.5. The van der Waals surface area contributed by atoms with Gasteiger partial charge >= 0.3 is 0 Å². The van der Waals surface area contributed by atoms with Crippen LogP contribution in [0.2, 0.25) is 0 Å². The van der Waals surface area contributed by atoms with Crippen molar-refractivity contribution >= 4 is 20.8 Å². The summed E-state index contributed by atoms with van der Waals surface area (Å²) in [5.41, 5.74) is 1.09. The van der Waals surface area contributed by atoms with Gasteiger partial charge in [0, 0.05) is 12.6 Å². The molecule has 1 aliphatic heterocycles. The van der Waals surface area contributed by atoms with Crippen molar-refractivity contribution in [2.24, 2.45) is 0 Å². The van der Waals surface area contributed by atoms with Crippen molar-refractivity contribution in [1.29, 1.82) is 0 Å². The number of ether oxygens (including phenoxy) is 1. The van der Waals surface area contributed by atoms with Crippen molar-refractivity contribution in [2.45, 2.75) is 23.8 Å². The van der Waals surface area contributed by atoms with E-state index in [4.69, 9.17) is 4.74 Å². The topological polar surface area (TPSA) is 58.6 Å². The predicted molar refractivity (Wildman–Crippen MR) is 116 cm³/mol. The van der Waals surface area contributed by atoms with Gasteiger partial charge in [-0.2, -0.15) is 0 Å². The number of nitrogens with one attached hydrogen (secondary N) is 1. The quantitative estimate of drug-likeness (QED) is 0.640. The van der Waals surface area contributed by atoms with Crippen LogP contribution < -0.4 is 9.46 Å². The van der Waals surface area contributed by atoms with Crippen molar-refractivity contribution in [2.75, 3.05) is 26.7 Å². The molecular weight excluding hydrogens is 384 g/mol. The van der Waals surface area contributed by atoms with Gasteiger partial charge in [0.15, 0.2) is 0 Å². The second-order valence-corrected chi connectivity index (χ2v) is 9.16. The van der Waals surface area contributed by atoms with Crippen molar-refractivity contribution in [3.8, 4) is 5.75 Å². The number of hydrogen-bond acceptors (Lipinski definition) is 4. The van der Waals surface area contributed by atoms with Crippen LogP contribution >= 0.6 is 0 Å². The fourth-order valence-electron chi connectivity index (χ4n) is 3.94. The molecule has 0 spiro atoms. The van der Waals surface area contributed by atoms with Crippen LogP contribution in [-0.4, -0.2) is 40.1 Å². The Kier molecular flexibility index (Phi) is 5.85. The fraction of sp³-hybridized carbons (Fsp3) is 0.304. The molecule has 0 bridgehead atoms. The van der Waals surface area contributed by atoms with Gasteiger partial charge in [-0.3, -0.25) is 4.90 Å². The molecule has 6 heteroatoms. The summed E-state index contributed by atoms with van der Waals surface area (Å²) in [5.74, 6) is 0.797. The minimum absolute atomic E-state index is 0.00126. The Hall–Kier alpha value is -2.41. The van der Waals surface area contributed by atoms with Crippen LogP contribution in [0.5, 0.6) is 5.75 Å². The van der Waals surface area contributed by atoms with E-state index in [1.54, 1.807) is 19.2 Å². The molecule has 1 aliphatic rings. The smallest absolute Gasteiger partial charge is 0.240 e. The number of hydrogen-bond donors (Lipinski definition) is 1. The van der Waals surface area contributed by atoms with E-state index in [-0.39, 0.29) is 6.04 Å². The molecule has 152 valence electrons. The van der Waals surface area contributed by atoms with Gasteiger partial charge in [0.2, 0.25) is 10.0 Å². The zero-order valence-corrected chi connectivity index (χ0v) is 17.4. The number of benzene rings is 3. The Morgan fingerprint density at radius 3 is 2.34 bits per heavy atom. The third kappa shape index (κ3) is 4.45. The van der Waals surface area contributed by atoms with Crippen LogP contribution in [0.3, 0.4) is 0 Å². The van der Waals surface area contributed by atoms with Gasteiger partial charge < -0.3 is 4.74 Å². The molecule has 1 heterocycles. The lowest BCUT2D eigenvalue weighted by molar-refractivity contribution is 0.246. The van der Waals surface area contributed by atoms with Crippen LogP contribution in [-0.2, 0) is 10.0 Å². The highest BCUT2D eigenvalue weighted by Crippen LogP contribution is 2.27. The van der Waals surface area contributed by atoms with E-state index in [2.05, 4.69) is 9.62 Å². The van der Waals surface area contributed by atoms with E-state index in [0.29, 0.717) is 11.4 Å². The normalized spacial score (nSPS) is 16.2. The summed E-state index contributed by atoms with van der Waals surface area (Å²) in [5, 5.41) is 1.95. The average molecular weight is 411 g/mol. The number of rotatable bonds is 7. The maximum atomic E-state index is 13.0. The second-order valence-electron chi connectivity index (χ2n) is 7.39. The highest BCUT2D eigenvalue weighted by atomic mass is 32.2. The first-order chi connectivity index (χ1) is 14.1. The molecular formula is C23H26N2O3S. The van der Waals surface area contributed by atoms with Gasteiger partial charge in [-0.1, -0.05) is 42.5 Å². The minimum Gasteiger partial charge on any atom is -0.497 e. The lowest BCUT2D eigenvalue weighted by Gasteiger charge is -2.28. The molecule has 0 saturated carbocycles. The van der Waals surface area contributed by atoms with Crippen LogP contribution in [0, 0.1) is 0 Å². The van der Waals surface area contributed by atoms with Crippen LogP contribution in [0.1, 0.15) is 24.4 Å². The summed E-state index contributed by atoms with van der Waals surface area (Å²) in [7, 11) is -1.96. The summed E-state index contributed by atoms with van der Waals surface area (Å²) in [6.07, 6.45) is 2.29. The Bertz CT molecular complexity index is 1070. The molecule has 0 aromatic heterocycles. The third-order valence-corrected chi connectivity index (χ3v) is 7.00. The van der Waals surface area contributed by atoms with Gasteiger partial charge in [-0.15, -0.1) is 0 Å². The first kappa shape index (κ1) is 19.9. The number of sulfonamides is 1. The minimum atomic E-state index is -3.60. The van der Waals surface area contributed by atoms with E-state index >= 15 is 0 Å². The van der Waals surface area contributed by atoms with Crippen LogP contribution in [0.15, 0.2) is 71.6 Å². The first-order valence-electron chi connectivity index (χ1n) is 9.93. The van der Waals surface area contributed by atoms with Crippen LogP contribution in [0.25, 0.3) is 10.8 Å². The van der Waals surface area contributed by atoms with Gasteiger partial charge in [0.05, 0.1) is 12.0 Å². The SMILES string of the molecule is COc1ccc([C@@H](CNS(=O)(=O)c2ccc3ccccc3c2)N2CCCC2)cc1. The Labute approximate surface area is 172 Å². The maximum Gasteiger partial charge on any atom is 0.240 e. The Morgan fingerprint density at radius 2 is 1.66 bits per heavy atom. The highest BCUT2D eigenvalue weighted by Gasteiger charge is 2.25. The molecule has 3 aromatic carbocycles. The molecule has 0 radical (unpaired) electrons. The fourth-order valence-corrected chi connectivity index (χ4v) is 5.02. The van der Waals surface area contributed by atoms with Crippen molar-refractivity contribution < 1.29 is 13.2 Å². The molecule has 5 nitrogen and oxygen atoms in total. The largest absolute Gasteiger partial charge is 0.497 e. The van der Waals surface area contributed by atoms with E-state index in [0.717, 1.165) is 48.0 Å². The van der Waals surface area contributed by atoms with Gasteiger partial charge in [-0.25, -0.2) is 13.1 Å². The molecule has 1 saturated heterocycles. The van der Waals surface area contributed by atoms with Crippen molar-refractivity contribution in [3.05, 3.63) is 72.3 Å². The summed E-state index contributed by atoms with van der Waals surface area (Å²) in [4.78, 5) is 2.65. The molecule has 1 atom stereocenters. The van der Waals surface area contributed by atoms with Gasteiger partial charge in [0.25, 0.3) is 0 Å². The van der Waals surface area contributed by atoms with E-state index in [1.165, 1.54) is 0 Å². The number of likely N-dealkylation sites (tertiary alicyclic amines) is 1. The van der Waals surface area contributed by atoms with E-state index in [1.807, 2.05) is 54.6 Å². The summed E-state index contributed by atoms with van der Waals surface area (Å²) >= 11 is 0. The molecule has 3 aromatic rings. The predicted octanol–water partition coefficient (Wildman–Crippen LogP) is 3.96. The molecule has 4 rings (SSSR count). The summed E-state index contributed by atoms with van der Waals surface area (Å²) in [6.45, 7) is 2.30. The van der Waals surface area contributed by atoms with Gasteiger partial charge in [-0.05, 0) is 66.5 Å². The van der Waals surface area contributed by atoms with E-state index in [9.17, 15) is 8.42 Å². The Balaban J connectivity index is 1.56. The first-order valence-corrected chi connectivity index (χ1v) is 11.4. The second kappa shape index (κ2) is 8.53. The molecule has 0 unspecified atom stereocenters. The zero-order chi connectivity index (χ0) is 20.3. The number of nitrogens with zero attached hydrogens (tertiary/aromatic N) is 1. The van der Waals surface area contributed by atoms with Crippen molar-refractivity contribution in [3.63, 3.8) is 0 Å². The highest BCUT2D eigenvalue weighted by molar-refractivity contribution is 7.89.